The molecule has 1 aliphatic carbocycles. The number of nitrogens with two attached hydrogens (primary N) is 1. The summed E-state index contributed by atoms with van der Waals surface area (Å²) in [6, 6.07) is 5.26. The Balaban J connectivity index is 2.20. The zero-order valence-electron chi connectivity index (χ0n) is 11.7. The van der Waals surface area contributed by atoms with Gasteiger partial charge in [-0.1, -0.05) is 26.3 Å². The minimum absolute atomic E-state index is 0.0425. The van der Waals surface area contributed by atoms with Crippen molar-refractivity contribution in [3.63, 3.8) is 0 Å². The number of aryl methyl sites for hydroxylation is 2. The average Bonchev–Trinajstić information content (AvgIpc) is 2.84. The SMILES string of the molecule is CCC(C)C(N)CS(=O)(=O)c1ccc2c(c1)CCC2. The van der Waals surface area contributed by atoms with Gasteiger partial charge in [-0.25, -0.2) is 8.42 Å². The van der Waals surface area contributed by atoms with E-state index in [9.17, 15) is 8.42 Å². The van der Waals surface area contributed by atoms with Crippen LogP contribution in [0, 0.1) is 5.92 Å². The first-order valence-corrected chi connectivity index (χ1v) is 8.69. The van der Waals surface area contributed by atoms with Gasteiger partial charge in [-0.3, -0.25) is 0 Å². The topological polar surface area (TPSA) is 60.2 Å². The standard InChI is InChI=1S/C15H23NO2S/c1-3-11(2)15(16)10-19(17,18)14-8-7-12-5-4-6-13(12)9-14/h7-9,11,15H,3-6,10,16H2,1-2H3. The van der Waals surface area contributed by atoms with Gasteiger partial charge in [0.2, 0.25) is 0 Å². The van der Waals surface area contributed by atoms with Gasteiger partial charge in [-0.2, -0.15) is 0 Å². The van der Waals surface area contributed by atoms with E-state index in [0.717, 1.165) is 25.7 Å². The Hall–Kier alpha value is -0.870. The molecule has 0 aromatic heterocycles. The highest BCUT2D eigenvalue weighted by molar-refractivity contribution is 7.91. The van der Waals surface area contributed by atoms with E-state index in [0.29, 0.717) is 4.90 Å². The molecule has 106 valence electrons. The van der Waals surface area contributed by atoms with E-state index in [1.54, 1.807) is 6.07 Å². The maximum absolute atomic E-state index is 12.4. The van der Waals surface area contributed by atoms with Crippen molar-refractivity contribution < 1.29 is 8.42 Å². The van der Waals surface area contributed by atoms with Gasteiger partial charge in [-0.15, -0.1) is 0 Å². The van der Waals surface area contributed by atoms with Gasteiger partial charge < -0.3 is 5.73 Å². The number of benzene rings is 1. The van der Waals surface area contributed by atoms with E-state index < -0.39 is 9.84 Å². The molecule has 0 saturated heterocycles. The van der Waals surface area contributed by atoms with Crippen LogP contribution in [0.25, 0.3) is 0 Å². The molecule has 2 atom stereocenters. The molecule has 0 saturated carbocycles. The molecule has 0 heterocycles. The lowest BCUT2D eigenvalue weighted by Crippen LogP contribution is -2.35. The summed E-state index contributed by atoms with van der Waals surface area (Å²) in [5, 5.41) is 0. The molecule has 0 bridgehead atoms. The van der Waals surface area contributed by atoms with E-state index in [1.165, 1.54) is 11.1 Å². The fraction of sp³-hybridized carbons (Fsp3) is 0.600. The minimum Gasteiger partial charge on any atom is -0.327 e. The summed E-state index contributed by atoms with van der Waals surface area (Å²) in [5.74, 6) is 0.269. The average molecular weight is 281 g/mol. The van der Waals surface area contributed by atoms with Crippen LogP contribution in [0.1, 0.15) is 37.8 Å². The quantitative estimate of drug-likeness (QED) is 0.901. The van der Waals surface area contributed by atoms with Crippen molar-refractivity contribution in [2.75, 3.05) is 5.75 Å². The molecule has 1 aromatic rings. The molecule has 2 N–H and O–H groups in total. The van der Waals surface area contributed by atoms with Crippen molar-refractivity contribution in [1.29, 1.82) is 0 Å². The van der Waals surface area contributed by atoms with E-state index in [1.807, 2.05) is 26.0 Å². The molecule has 4 heteroatoms. The Morgan fingerprint density at radius 1 is 1.26 bits per heavy atom. The maximum atomic E-state index is 12.4. The molecule has 2 unspecified atom stereocenters. The van der Waals surface area contributed by atoms with Crippen molar-refractivity contribution in [1.82, 2.24) is 0 Å². The Morgan fingerprint density at radius 3 is 2.63 bits per heavy atom. The van der Waals surface area contributed by atoms with Gasteiger partial charge in [0, 0.05) is 6.04 Å². The summed E-state index contributed by atoms with van der Waals surface area (Å²) in [4.78, 5) is 0.437. The summed E-state index contributed by atoms with van der Waals surface area (Å²) < 4.78 is 24.8. The second kappa shape index (κ2) is 5.63. The predicted octanol–water partition coefficient (Wildman–Crippen LogP) is 2.32. The van der Waals surface area contributed by atoms with Crippen LogP contribution in [0.3, 0.4) is 0 Å². The molecular formula is C15H23NO2S. The second-order valence-electron chi connectivity index (χ2n) is 5.61. The molecule has 0 fully saturated rings. The van der Waals surface area contributed by atoms with E-state index in [2.05, 4.69) is 0 Å². The molecule has 0 spiro atoms. The molecule has 3 nitrogen and oxygen atoms in total. The fourth-order valence-electron chi connectivity index (χ4n) is 2.56. The molecule has 2 rings (SSSR count). The Labute approximate surface area is 116 Å². The highest BCUT2D eigenvalue weighted by Crippen LogP contribution is 2.25. The van der Waals surface area contributed by atoms with Crippen molar-refractivity contribution in [3.05, 3.63) is 29.3 Å². The van der Waals surface area contributed by atoms with Gasteiger partial charge in [-0.05, 0) is 48.4 Å². The normalized spacial score (nSPS) is 18.1. The van der Waals surface area contributed by atoms with Crippen molar-refractivity contribution >= 4 is 9.84 Å². The lowest BCUT2D eigenvalue weighted by molar-refractivity contribution is 0.466. The number of rotatable bonds is 5. The first kappa shape index (κ1) is 14.5. The van der Waals surface area contributed by atoms with Crippen LogP contribution in [0.2, 0.25) is 0 Å². The van der Waals surface area contributed by atoms with E-state index in [-0.39, 0.29) is 17.7 Å². The van der Waals surface area contributed by atoms with Gasteiger partial charge in [0.25, 0.3) is 0 Å². The Kier molecular flexibility index (Phi) is 4.31. The van der Waals surface area contributed by atoms with E-state index in [4.69, 9.17) is 5.73 Å². The van der Waals surface area contributed by atoms with Crippen LogP contribution in [0.15, 0.2) is 23.1 Å². The van der Waals surface area contributed by atoms with Crippen LogP contribution >= 0.6 is 0 Å². The highest BCUT2D eigenvalue weighted by atomic mass is 32.2. The third-order valence-electron chi connectivity index (χ3n) is 4.22. The summed E-state index contributed by atoms with van der Waals surface area (Å²) >= 11 is 0. The Morgan fingerprint density at radius 2 is 1.95 bits per heavy atom. The zero-order chi connectivity index (χ0) is 14.0. The van der Waals surface area contributed by atoms with Crippen LogP contribution in [0.4, 0.5) is 0 Å². The second-order valence-corrected chi connectivity index (χ2v) is 7.65. The highest BCUT2D eigenvalue weighted by Gasteiger charge is 2.23. The van der Waals surface area contributed by atoms with Crippen LogP contribution in [-0.2, 0) is 22.7 Å². The van der Waals surface area contributed by atoms with Crippen LogP contribution < -0.4 is 5.73 Å². The first-order valence-electron chi connectivity index (χ1n) is 7.04. The molecular weight excluding hydrogens is 258 g/mol. The van der Waals surface area contributed by atoms with E-state index >= 15 is 0 Å². The van der Waals surface area contributed by atoms with Crippen LogP contribution in [-0.4, -0.2) is 20.2 Å². The largest absolute Gasteiger partial charge is 0.327 e. The Bertz CT molecular complexity index is 551. The van der Waals surface area contributed by atoms with Gasteiger partial charge in [0.05, 0.1) is 10.6 Å². The van der Waals surface area contributed by atoms with Crippen molar-refractivity contribution in [2.24, 2.45) is 11.7 Å². The number of fused-ring (bicyclic) bond motifs is 1. The molecule has 0 radical (unpaired) electrons. The monoisotopic (exact) mass is 281 g/mol. The summed E-state index contributed by atoms with van der Waals surface area (Å²) in [6.45, 7) is 4.04. The fourth-order valence-corrected chi connectivity index (χ4v) is 4.18. The maximum Gasteiger partial charge on any atom is 0.179 e. The first-order chi connectivity index (χ1) is 8.94. The zero-order valence-corrected chi connectivity index (χ0v) is 12.5. The molecule has 0 aliphatic heterocycles. The third kappa shape index (κ3) is 3.18. The molecule has 1 aliphatic rings. The smallest absolute Gasteiger partial charge is 0.179 e. The number of hydrogen-bond acceptors (Lipinski definition) is 3. The summed E-state index contributed by atoms with van der Waals surface area (Å²) in [5.41, 5.74) is 8.47. The lowest BCUT2D eigenvalue weighted by Gasteiger charge is -2.18. The van der Waals surface area contributed by atoms with Gasteiger partial charge in [0.15, 0.2) is 9.84 Å². The van der Waals surface area contributed by atoms with Crippen molar-refractivity contribution in [3.8, 4) is 0 Å². The number of hydrogen-bond donors (Lipinski definition) is 1. The van der Waals surface area contributed by atoms with Gasteiger partial charge >= 0.3 is 0 Å². The minimum atomic E-state index is -3.26. The molecule has 0 amide bonds. The van der Waals surface area contributed by atoms with Crippen LogP contribution in [0.5, 0.6) is 0 Å². The lowest BCUT2D eigenvalue weighted by atomic mass is 10.0. The third-order valence-corrected chi connectivity index (χ3v) is 6.01. The molecule has 1 aromatic carbocycles. The summed E-state index contributed by atoms with van der Waals surface area (Å²) in [6.07, 6.45) is 4.10. The summed E-state index contributed by atoms with van der Waals surface area (Å²) in [7, 11) is -3.26. The molecule has 19 heavy (non-hydrogen) atoms. The predicted molar refractivity (Wildman–Crippen MR) is 78.0 cm³/mol. The number of sulfone groups is 1. The van der Waals surface area contributed by atoms with Gasteiger partial charge in [0.1, 0.15) is 0 Å². The van der Waals surface area contributed by atoms with Crippen molar-refractivity contribution in [2.45, 2.75) is 50.5 Å².